The summed E-state index contributed by atoms with van der Waals surface area (Å²) in [6.07, 6.45) is 0.193. The van der Waals surface area contributed by atoms with Gasteiger partial charge in [-0.05, 0) is 42.5 Å². The monoisotopic (exact) mass is 392 g/mol. The first-order chi connectivity index (χ1) is 13.3. The summed E-state index contributed by atoms with van der Waals surface area (Å²) < 4.78 is 39.7. The summed E-state index contributed by atoms with van der Waals surface area (Å²) in [5.74, 6) is -0.254. The number of piperidine rings is 1. The van der Waals surface area contributed by atoms with Crippen molar-refractivity contribution in [2.24, 2.45) is 5.92 Å². The summed E-state index contributed by atoms with van der Waals surface area (Å²) in [5.41, 5.74) is 0.182. The highest BCUT2D eigenvalue weighted by Crippen LogP contribution is 2.36. The molecule has 3 rings (SSSR count). The molecule has 0 aromatic heterocycles. The van der Waals surface area contributed by atoms with Gasteiger partial charge in [-0.25, -0.2) is 0 Å². The number of benzene rings is 1. The molecular formula is C21H23F3N2O2. The molecule has 4 nitrogen and oxygen atoms in total. The Morgan fingerprint density at radius 3 is 2.32 bits per heavy atom. The van der Waals surface area contributed by atoms with Gasteiger partial charge in [-0.1, -0.05) is 30.9 Å². The fourth-order valence-electron chi connectivity index (χ4n) is 3.86. The topological polar surface area (TPSA) is 40.6 Å². The molecule has 2 aliphatic rings. The summed E-state index contributed by atoms with van der Waals surface area (Å²) in [6, 6.07) is 5.56. The van der Waals surface area contributed by atoms with E-state index in [0.717, 1.165) is 6.07 Å². The minimum Gasteiger partial charge on any atom is -0.339 e. The van der Waals surface area contributed by atoms with Crippen LogP contribution in [0.3, 0.4) is 0 Å². The minimum atomic E-state index is -4.40. The fourth-order valence-corrected chi connectivity index (χ4v) is 3.86. The van der Waals surface area contributed by atoms with E-state index in [1.54, 1.807) is 21.9 Å². The van der Waals surface area contributed by atoms with E-state index in [2.05, 4.69) is 6.58 Å². The van der Waals surface area contributed by atoms with E-state index in [9.17, 15) is 22.8 Å². The van der Waals surface area contributed by atoms with E-state index in [4.69, 9.17) is 0 Å². The van der Waals surface area contributed by atoms with Gasteiger partial charge in [-0.15, -0.1) is 0 Å². The van der Waals surface area contributed by atoms with Crippen molar-refractivity contribution in [1.82, 2.24) is 9.80 Å². The maximum atomic E-state index is 13.2. The molecule has 0 spiro atoms. The van der Waals surface area contributed by atoms with Crippen LogP contribution in [-0.4, -0.2) is 47.8 Å². The third kappa shape index (κ3) is 4.29. The number of likely N-dealkylation sites (tertiary alicyclic amines) is 1. The molecule has 0 radical (unpaired) electrons. The lowest BCUT2D eigenvalue weighted by atomic mass is 9.92. The second-order valence-electron chi connectivity index (χ2n) is 7.11. The second-order valence-corrected chi connectivity index (χ2v) is 7.11. The molecule has 0 saturated carbocycles. The maximum Gasteiger partial charge on any atom is 0.416 e. The van der Waals surface area contributed by atoms with Crippen molar-refractivity contribution >= 4 is 17.4 Å². The Morgan fingerprint density at radius 2 is 1.75 bits per heavy atom. The van der Waals surface area contributed by atoms with E-state index >= 15 is 0 Å². The van der Waals surface area contributed by atoms with Gasteiger partial charge in [0.05, 0.1) is 5.56 Å². The average molecular weight is 392 g/mol. The first-order valence-electron chi connectivity index (χ1n) is 9.37. The van der Waals surface area contributed by atoms with Crippen LogP contribution in [0.2, 0.25) is 0 Å². The predicted molar refractivity (Wildman–Crippen MR) is 100 cm³/mol. The predicted octanol–water partition coefficient (Wildman–Crippen LogP) is 3.75. The molecule has 1 saturated heterocycles. The Morgan fingerprint density at radius 1 is 1.07 bits per heavy atom. The number of nitrogens with zero attached hydrogens (tertiary/aromatic N) is 2. The molecule has 2 heterocycles. The van der Waals surface area contributed by atoms with Crippen molar-refractivity contribution in [2.75, 3.05) is 26.2 Å². The van der Waals surface area contributed by atoms with Gasteiger partial charge in [0.25, 0.3) is 0 Å². The third-order valence-corrected chi connectivity index (χ3v) is 5.43. The number of halogens is 3. The lowest BCUT2D eigenvalue weighted by molar-refractivity contribution is -0.139. The van der Waals surface area contributed by atoms with Crippen molar-refractivity contribution in [1.29, 1.82) is 0 Å². The van der Waals surface area contributed by atoms with Gasteiger partial charge in [-0.2, -0.15) is 13.2 Å². The molecule has 1 aromatic carbocycles. The van der Waals surface area contributed by atoms with Crippen LogP contribution in [0.1, 0.15) is 30.4 Å². The largest absolute Gasteiger partial charge is 0.416 e. The Labute approximate surface area is 162 Å². The smallest absolute Gasteiger partial charge is 0.339 e. The van der Waals surface area contributed by atoms with Crippen molar-refractivity contribution < 1.29 is 22.8 Å². The van der Waals surface area contributed by atoms with Gasteiger partial charge in [0.1, 0.15) is 0 Å². The van der Waals surface area contributed by atoms with Crippen LogP contribution in [0.5, 0.6) is 0 Å². The Bertz CT molecular complexity index is 793. The molecule has 0 unspecified atom stereocenters. The summed E-state index contributed by atoms with van der Waals surface area (Å²) in [6.45, 7) is 5.24. The second kappa shape index (κ2) is 8.20. The van der Waals surface area contributed by atoms with Crippen LogP contribution in [0.4, 0.5) is 13.2 Å². The van der Waals surface area contributed by atoms with E-state index in [1.165, 1.54) is 18.2 Å². The Balaban J connectivity index is 1.64. The molecule has 2 aliphatic heterocycles. The molecular weight excluding hydrogens is 369 g/mol. The zero-order valence-corrected chi connectivity index (χ0v) is 15.5. The van der Waals surface area contributed by atoms with Crippen LogP contribution in [0.15, 0.2) is 43.0 Å². The summed E-state index contributed by atoms with van der Waals surface area (Å²) in [7, 11) is 0. The quantitative estimate of drug-likeness (QED) is 0.736. The van der Waals surface area contributed by atoms with Gasteiger partial charge in [-0.3, -0.25) is 9.59 Å². The Hall–Kier alpha value is -2.57. The van der Waals surface area contributed by atoms with Gasteiger partial charge in [0, 0.05) is 32.1 Å². The van der Waals surface area contributed by atoms with E-state index in [-0.39, 0.29) is 23.3 Å². The van der Waals surface area contributed by atoms with Crippen molar-refractivity contribution in [3.63, 3.8) is 0 Å². The molecule has 0 bridgehead atoms. The van der Waals surface area contributed by atoms with Crippen LogP contribution in [-0.2, 0) is 15.8 Å². The summed E-state index contributed by atoms with van der Waals surface area (Å²) >= 11 is 0. The van der Waals surface area contributed by atoms with Gasteiger partial charge in [0.2, 0.25) is 11.8 Å². The third-order valence-electron chi connectivity index (χ3n) is 5.43. The summed E-state index contributed by atoms with van der Waals surface area (Å²) in [4.78, 5) is 27.8. The Kier molecular flexibility index (Phi) is 5.91. The highest BCUT2D eigenvalue weighted by molar-refractivity contribution is 5.87. The molecule has 0 atom stereocenters. The maximum absolute atomic E-state index is 13.2. The zero-order valence-electron chi connectivity index (χ0n) is 15.5. The number of amides is 2. The van der Waals surface area contributed by atoms with Crippen LogP contribution in [0, 0.1) is 5.92 Å². The number of carbonyl (C=O) groups is 2. The number of rotatable bonds is 3. The van der Waals surface area contributed by atoms with Crippen LogP contribution < -0.4 is 0 Å². The fraction of sp³-hybridized carbons (Fsp3) is 0.429. The normalized spacial score (nSPS) is 18.6. The van der Waals surface area contributed by atoms with E-state index < -0.39 is 11.7 Å². The van der Waals surface area contributed by atoms with Gasteiger partial charge in [0.15, 0.2) is 0 Å². The molecule has 7 heteroatoms. The van der Waals surface area contributed by atoms with Gasteiger partial charge < -0.3 is 9.80 Å². The molecule has 150 valence electrons. The van der Waals surface area contributed by atoms with Crippen molar-refractivity contribution in [3.8, 4) is 0 Å². The first-order valence-corrected chi connectivity index (χ1v) is 9.37. The number of hydrogen-bond acceptors (Lipinski definition) is 2. The standard InChI is InChI=1S/C21H23F3N2O2/c1-2-19(27)25-11-9-16(10-12-25)20(28)26-13-7-15(8-14-26)17-5-3-4-6-18(17)21(22,23)24/h2-7,16H,1,8-14H2. The number of carbonyl (C=O) groups excluding carboxylic acids is 2. The zero-order chi connectivity index (χ0) is 20.3. The van der Waals surface area contributed by atoms with Crippen molar-refractivity contribution in [3.05, 3.63) is 54.1 Å². The average Bonchev–Trinajstić information content (AvgIpc) is 2.72. The molecule has 1 aromatic rings. The lowest BCUT2D eigenvalue weighted by Crippen LogP contribution is -2.45. The van der Waals surface area contributed by atoms with Crippen LogP contribution >= 0.6 is 0 Å². The SMILES string of the molecule is C=CC(=O)N1CCC(C(=O)N2CC=C(c3ccccc3C(F)(F)F)CC2)CC1. The van der Waals surface area contributed by atoms with Gasteiger partial charge >= 0.3 is 6.18 Å². The number of alkyl halides is 3. The summed E-state index contributed by atoms with van der Waals surface area (Å²) in [5, 5.41) is 0. The molecule has 1 fully saturated rings. The van der Waals surface area contributed by atoms with E-state index in [1.807, 2.05) is 0 Å². The van der Waals surface area contributed by atoms with Crippen LogP contribution in [0.25, 0.3) is 5.57 Å². The number of hydrogen-bond donors (Lipinski definition) is 0. The lowest BCUT2D eigenvalue weighted by Gasteiger charge is -2.35. The molecule has 2 amide bonds. The van der Waals surface area contributed by atoms with E-state index in [0.29, 0.717) is 51.0 Å². The minimum absolute atomic E-state index is 0.0186. The van der Waals surface area contributed by atoms with Crippen molar-refractivity contribution in [2.45, 2.75) is 25.4 Å². The molecule has 0 N–H and O–H groups in total. The highest BCUT2D eigenvalue weighted by Gasteiger charge is 2.35. The molecule has 28 heavy (non-hydrogen) atoms. The first kappa shape index (κ1) is 20.2. The highest BCUT2D eigenvalue weighted by atomic mass is 19.4. The molecule has 0 aliphatic carbocycles.